The molecule has 1 aliphatic heterocycles. The third-order valence-corrected chi connectivity index (χ3v) is 5.00. The zero-order valence-corrected chi connectivity index (χ0v) is 17.3. The van der Waals surface area contributed by atoms with Gasteiger partial charge in [-0.3, -0.25) is 14.6 Å². The molecule has 0 unspecified atom stereocenters. The molecule has 0 radical (unpaired) electrons. The molecule has 1 saturated heterocycles. The predicted octanol–water partition coefficient (Wildman–Crippen LogP) is 3.52. The smallest absolute Gasteiger partial charge is 0.259 e. The monoisotopic (exact) mass is 435 g/mol. The second-order valence-corrected chi connectivity index (χ2v) is 7.23. The van der Waals surface area contributed by atoms with E-state index in [9.17, 15) is 14.0 Å². The molecule has 1 fully saturated rings. The summed E-state index contributed by atoms with van der Waals surface area (Å²) in [5.74, 6) is -0.622. The van der Waals surface area contributed by atoms with Gasteiger partial charge < -0.3 is 19.7 Å². The van der Waals surface area contributed by atoms with Crippen LogP contribution in [0.3, 0.4) is 0 Å². The van der Waals surface area contributed by atoms with Gasteiger partial charge in [0.05, 0.1) is 30.7 Å². The SMILES string of the molecule is O=C(Nc1cccnc1)c1cc(C(=O)N2CCOCC2)ccc1OCc1ccc(F)cc1. The van der Waals surface area contributed by atoms with Gasteiger partial charge >= 0.3 is 0 Å². The average molecular weight is 435 g/mol. The van der Waals surface area contributed by atoms with Gasteiger partial charge in [0.15, 0.2) is 0 Å². The first-order chi connectivity index (χ1) is 15.6. The van der Waals surface area contributed by atoms with E-state index in [1.165, 1.54) is 24.4 Å². The average Bonchev–Trinajstić information content (AvgIpc) is 2.84. The lowest BCUT2D eigenvalue weighted by atomic mass is 10.1. The van der Waals surface area contributed by atoms with Crippen molar-refractivity contribution in [2.75, 3.05) is 31.6 Å². The predicted molar refractivity (Wildman–Crippen MR) is 116 cm³/mol. The van der Waals surface area contributed by atoms with Gasteiger partial charge in [0.25, 0.3) is 11.8 Å². The fourth-order valence-corrected chi connectivity index (χ4v) is 3.29. The number of carbonyl (C=O) groups excluding carboxylic acids is 2. The molecule has 1 aromatic heterocycles. The molecule has 8 heteroatoms. The van der Waals surface area contributed by atoms with Crippen LogP contribution in [0.15, 0.2) is 67.0 Å². The van der Waals surface area contributed by atoms with Crippen molar-refractivity contribution >= 4 is 17.5 Å². The molecule has 0 spiro atoms. The molecule has 2 aromatic carbocycles. The fourth-order valence-electron chi connectivity index (χ4n) is 3.29. The molecule has 7 nitrogen and oxygen atoms in total. The van der Waals surface area contributed by atoms with E-state index in [1.807, 2.05) is 0 Å². The Morgan fingerprint density at radius 2 is 1.88 bits per heavy atom. The van der Waals surface area contributed by atoms with Crippen LogP contribution in [0, 0.1) is 5.82 Å². The first-order valence-electron chi connectivity index (χ1n) is 10.2. The molecule has 164 valence electrons. The highest BCUT2D eigenvalue weighted by molar-refractivity contribution is 6.08. The zero-order valence-electron chi connectivity index (χ0n) is 17.3. The van der Waals surface area contributed by atoms with Gasteiger partial charge in [-0.1, -0.05) is 12.1 Å². The summed E-state index contributed by atoms with van der Waals surface area (Å²) in [6.07, 6.45) is 3.13. The van der Waals surface area contributed by atoms with Crippen molar-refractivity contribution in [2.24, 2.45) is 0 Å². The van der Waals surface area contributed by atoms with Crippen molar-refractivity contribution in [3.05, 3.63) is 89.5 Å². The number of pyridine rings is 1. The number of halogens is 1. The number of amides is 2. The third-order valence-electron chi connectivity index (χ3n) is 5.00. The number of benzene rings is 2. The van der Waals surface area contributed by atoms with Gasteiger partial charge in [-0.15, -0.1) is 0 Å². The van der Waals surface area contributed by atoms with Crippen molar-refractivity contribution in [1.82, 2.24) is 9.88 Å². The molecule has 32 heavy (non-hydrogen) atoms. The number of hydrogen-bond donors (Lipinski definition) is 1. The number of morpholine rings is 1. The number of ether oxygens (including phenoxy) is 2. The van der Waals surface area contributed by atoms with Gasteiger partial charge in [0.1, 0.15) is 18.2 Å². The maximum absolute atomic E-state index is 13.2. The molecule has 3 aromatic rings. The second kappa shape index (κ2) is 10.0. The van der Waals surface area contributed by atoms with Gasteiger partial charge in [0, 0.05) is 24.8 Å². The van der Waals surface area contributed by atoms with Crippen LogP contribution < -0.4 is 10.1 Å². The van der Waals surface area contributed by atoms with Gasteiger partial charge in [-0.2, -0.15) is 0 Å². The molecular formula is C24H22FN3O4. The molecular weight excluding hydrogens is 413 g/mol. The van der Waals surface area contributed by atoms with Crippen LogP contribution in [0.1, 0.15) is 26.3 Å². The van der Waals surface area contributed by atoms with E-state index in [0.29, 0.717) is 43.3 Å². The minimum Gasteiger partial charge on any atom is -0.488 e. The maximum Gasteiger partial charge on any atom is 0.259 e. The minimum atomic E-state index is -0.427. The summed E-state index contributed by atoms with van der Waals surface area (Å²) in [6, 6.07) is 14.1. The molecule has 0 bridgehead atoms. The number of anilines is 1. The first-order valence-corrected chi connectivity index (χ1v) is 10.2. The number of hydrogen-bond acceptors (Lipinski definition) is 5. The standard InChI is InChI=1S/C24H22FN3O4/c25-19-6-3-17(4-7-19)16-32-22-8-5-18(24(30)28-10-12-31-13-11-28)14-21(22)23(29)27-20-2-1-9-26-15-20/h1-9,14-15H,10-13,16H2,(H,27,29). The Kier molecular flexibility index (Phi) is 6.72. The lowest BCUT2D eigenvalue weighted by Gasteiger charge is -2.27. The third kappa shape index (κ3) is 5.28. The Hall–Kier alpha value is -3.78. The number of nitrogens with zero attached hydrogens (tertiary/aromatic N) is 2. The Morgan fingerprint density at radius 1 is 1.09 bits per heavy atom. The summed E-state index contributed by atoms with van der Waals surface area (Å²) in [7, 11) is 0. The highest BCUT2D eigenvalue weighted by Gasteiger charge is 2.22. The van der Waals surface area contributed by atoms with Gasteiger partial charge in [-0.05, 0) is 48.0 Å². The number of aromatic nitrogens is 1. The molecule has 1 aliphatic rings. The normalized spacial score (nSPS) is 13.5. The van der Waals surface area contributed by atoms with Crippen LogP contribution in [0.25, 0.3) is 0 Å². The van der Waals surface area contributed by atoms with Crippen LogP contribution in [0.4, 0.5) is 10.1 Å². The topological polar surface area (TPSA) is 80.8 Å². The Morgan fingerprint density at radius 3 is 2.59 bits per heavy atom. The highest BCUT2D eigenvalue weighted by atomic mass is 19.1. The lowest BCUT2D eigenvalue weighted by molar-refractivity contribution is 0.0303. The maximum atomic E-state index is 13.2. The first kappa shape index (κ1) is 21.5. The lowest BCUT2D eigenvalue weighted by Crippen LogP contribution is -2.40. The van der Waals surface area contributed by atoms with Crippen molar-refractivity contribution in [1.29, 1.82) is 0 Å². The van der Waals surface area contributed by atoms with Crippen molar-refractivity contribution in [2.45, 2.75) is 6.61 Å². The molecule has 2 amide bonds. The van der Waals surface area contributed by atoms with Crippen LogP contribution in [-0.4, -0.2) is 48.0 Å². The van der Waals surface area contributed by atoms with Crippen LogP contribution in [0.2, 0.25) is 0 Å². The summed E-state index contributed by atoms with van der Waals surface area (Å²) in [6.45, 7) is 2.11. The van der Waals surface area contributed by atoms with E-state index in [4.69, 9.17) is 9.47 Å². The highest BCUT2D eigenvalue weighted by Crippen LogP contribution is 2.24. The van der Waals surface area contributed by atoms with E-state index in [0.717, 1.165) is 5.56 Å². The summed E-state index contributed by atoms with van der Waals surface area (Å²) < 4.78 is 24.3. The van der Waals surface area contributed by atoms with E-state index >= 15 is 0 Å². The summed E-state index contributed by atoms with van der Waals surface area (Å²) >= 11 is 0. The summed E-state index contributed by atoms with van der Waals surface area (Å²) in [5, 5.41) is 2.77. The van der Waals surface area contributed by atoms with Crippen molar-refractivity contribution < 1.29 is 23.5 Å². The molecule has 1 N–H and O–H groups in total. The Balaban J connectivity index is 1.59. The second-order valence-electron chi connectivity index (χ2n) is 7.23. The minimum absolute atomic E-state index is 0.143. The molecule has 4 rings (SSSR count). The van der Waals surface area contributed by atoms with E-state index in [-0.39, 0.29) is 23.9 Å². The van der Waals surface area contributed by atoms with Crippen molar-refractivity contribution in [3.63, 3.8) is 0 Å². The molecule has 0 saturated carbocycles. The fraction of sp³-hybridized carbons (Fsp3) is 0.208. The zero-order chi connectivity index (χ0) is 22.3. The van der Waals surface area contributed by atoms with Crippen LogP contribution in [0.5, 0.6) is 5.75 Å². The van der Waals surface area contributed by atoms with Crippen LogP contribution >= 0.6 is 0 Å². The van der Waals surface area contributed by atoms with E-state index in [1.54, 1.807) is 47.5 Å². The number of carbonyl (C=O) groups is 2. The number of rotatable bonds is 6. The quantitative estimate of drug-likeness (QED) is 0.641. The molecule has 2 heterocycles. The molecule has 0 atom stereocenters. The van der Waals surface area contributed by atoms with Crippen LogP contribution in [-0.2, 0) is 11.3 Å². The number of nitrogens with one attached hydrogen (secondary N) is 1. The van der Waals surface area contributed by atoms with Crippen molar-refractivity contribution in [3.8, 4) is 5.75 Å². The van der Waals surface area contributed by atoms with Gasteiger partial charge in [-0.25, -0.2) is 4.39 Å². The van der Waals surface area contributed by atoms with Gasteiger partial charge in [0.2, 0.25) is 0 Å². The Bertz CT molecular complexity index is 1080. The summed E-state index contributed by atoms with van der Waals surface area (Å²) in [4.78, 5) is 31.6. The summed E-state index contributed by atoms with van der Waals surface area (Å²) in [5.41, 5.74) is 1.87. The largest absolute Gasteiger partial charge is 0.488 e. The molecule has 0 aliphatic carbocycles. The van der Waals surface area contributed by atoms with E-state index < -0.39 is 5.91 Å². The Labute approximate surface area is 184 Å². The van der Waals surface area contributed by atoms with E-state index in [2.05, 4.69) is 10.3 Å².